The summed E-state index contributed by atoms with van der Waals surface area (Å²) >= 11 is 0. The van der Waals surface area contributed by atoms with Gasteiger partial charge < -0.3 is 19.1 Å². The molecule has 1 aliphatic heterocycles. The summed E-state index contributed by atoms with van der Waals surface area (Å²) in [6.07, 6.45) is 3.19. The van der Waals surface area contributed by atoms with Gasteiger partial charge in [-0.15, -0.1) is 0 Å². The molecular weight excluding hydrogens is 456 g/mol. The number of carbonyl (C=O) groups is 2. The van der Waals surface area contributed by atoms with Crippen molar-refractivity contribution < 1.29 is 27.3 Å². The second kappa shape index (κ2) is 8.70. The van der Waals surface area contributed by atoms with E-state index in [1.165, 1.54) is 0 Å². The number of nitrogens with zero attached hydrogens (tertiary/aromatic N) is 2. The summed E-state index contributed by atoms with van der Waals surface area (Å²) in [5.74, 6) is -0.0384. The number of amides is 2. The Hall–Kier alpha value is -2.91. The molecule has 3 aliphatic rings. The van der Waals surface area contributed by atoms with Crippen molar-refractivity contribution in [3.63, 3.8) is 0 Å². The van der Waals surface area contributed by atoms with Crippen molar-refractivity contribution in [1.82, 2.24) is 9.80 Å². The Bertz CT molecular complexity index is 1190. The van der Waals surface area contributed by atoms with E-state index in [9.17, 15) is 23.1 Å². The molecule has 0 aromatic heterocycles. The molecule has 1 heterocycles. The molecule has 0 unspecified atom stereocenters. The summed E-state index contributed by atoms with van der Waals surface area (Å²) < 4.78 is 29.5. The molecule has 2 aromatic rings. The molecule has 180 valence electrons. The Morgan fingerprint density at radius 2 is 1.56 bits per heavy atom. The van der Waals surface area contributed by atoms with Crippen molar-refractivity contribution in [3.05, 3.63) is 54.1 Å². The van der Waals surface area contributed by atoms with Crippen LogP contribution in [0.3, 0.4) is 0 Å². The number of carbonyl (C=O) groups excluding carboxylic acids is 2. The summed E-state index contributed by atoms with van der Waals surface area (Å²) in [7, 11) is -3.57. The maximum atomic E-state index is 13.0. The van der Waals surface area contributed by atoms with Crippen LogP contribution in [0.1, 0.15) is 42.5 Å². The second-order valence-corrected chi connectivity index (χ2v) is 11.2. The smallest absolute Gasteiger partial charge is 0.312 e. The fourth-order valence-electron chi connectivity index (χ4n) is 4.41. The first-order valence-corrected chi connectivity index (χ1v) is 13.2. The van der Waals surface area contributed by atoms with Crippen LogP contribution in [-0.2, 0) is 14.9 Å². The highest BCUT2D eigenvalue weighted by molar-refractivity contribution is 7.88. The van der Waals surface area contributed by atoms with Crippen molar-refractivity contribution in [2.24, 2.45) is 0 Å². The minimum absolute atomic E-state index is 0.103. The maximum absolute atomic E-state index is 13.0. The normalized spacial score (nSPS) is 19.9. The van der Waals surface area contributed by atoms with E-state index in [0.29, 0.717) is 57.4 Å². The molecule has 9 heteroatoms. The summed E-state index contributed by atoms with van der Waals surface area (Å²) in [4.78, 5) is 28.8. The number of aliphatic hydroxyl groups is 1. The molecule has 2 amide bonds. The average molecular weight is 485 g/mol. The Kier molecular flexibility index (Phi) is 5.85. The molecule has 2 aliphatic carbocycles. The van der Waals surface area contributed by atoms with Crippen molar-refractivity contribution in [2.75, 3.05) is 26.2 Å². The van der Waals surface area contributed by atoms with E-state index < -0.39 is 21.0 Å². The van der Waals surface area contributed by atoms with E-state index >= 15 is 0 Å². The Morgan fingerprint density at radius 1 is 0.912 bits per heavy atom. The molecule has 2 saturated carbocycles. The largest absolute Gasteiger partial charge is 0.382 e. The van der Waals surface area contributed by atoms with Gasteiger partial charge in [0.05, 0.1) is 5.25 Å². The third kappa shape index (κ3) is 4.54. The molecule has 0 radical (unpaired) electrons. The van der Waals surface area contributed by atoms with E-state index in [4.69, 9.17) is 4.18 Å². The molecule has 34 heavy (non-hydrogen) atoms. The number of rotatable bonds is 6. The molecular formula is C25H28N2O6S. The minimum atomic E-state index is -3.57. The van der Waals surface area contributed by atoms with Crippen LogP contribution >= 0.6 is 0 Å². The van der Waals surface area contributed by atoms with Gasteiger partial charge in [0.1, 0.15) is 11.4 Å². The fourth-order valence-corrected chi connectivity index (χ4v) is 5.63. The van der Waals surface area contributed by atoms with Gasteiger partial charge in [-0.2, -0.15) is 8.42 Å². The third-order valence-electron chi connectivity index (χ3n) is 6.88. The van der Waals surface area contributed by atoms with Crippen LogP contribution < -0.4 is 4.18 Å². The third-order valence-corrected chi connectivity index (χ3v) is 8.59. The number of piperazine rings is 1. The molecule has 1 saturated heterocycles. The van der Waals surface area contributed by atoms with Crippen LogP contribution in [0.4, 0.5) is 0 Å². The van der Waals surface area contributed by atoms with Gasteiger partial charge in [-0.05, 0) is 67.5 Å². The second-order valence-electron chi connectivity index (χ2n) is 9.35. The van der Waals surface area contributed by atoms with Crippen LogP contribution in [-0.4, -0.2) is 72.2 Å². The predicted molar refractivity (Wildman–Crippen MR) is 126 cm³/mol. The topological polar surface area (TPSA) is 104 Å². The maximum Gasteiger partial charge on any atom is 0.312 e. The lowest BCUT2D eigenvalue weighted by atomic mass is 9.79. The molecule has 0 bridgehead atoms. The van der Waals surface area contributed by atoms with Crippen LogP contribution in [0.25, 0.3) is 11.1 Å². The Labute approximate surface area is 199 Å². The predicted octanol–water partition coefficient (Wildman–Crippen LogP) is 2.42. The van der Waals surface area contributed by atoms with Gasteiger partial charge in [0, 0.05) is 31.7 Å². The number of benzene rings is 2. The van der Waals surface area contributed by atoms with Crippen molar-refractivity contribution in [2.45, 2.75) is 43.0 Å². The van der Waals surface area contributed by atoms with Crippen LogP contribution in [0, 0.1) is 0 Å². The highest BCUT2D eigenvalue weighted by Gasteiger charge is 2.45. The minimum Gasteiger partial charge on any atom is -0.382 e. The first kappa shape index (κ1) is 22.9. The van der Waals surface area contributed by atoms with Crippen molar-refractivity contribution >= 4 is 21.9 Å². The van der Waals surface area contributed by atoms with Gasteiger partial charge in [-0.3, -0.25) is 9.59 Å². The van der Waals surface area contributed by atoms with E-state index in [0.717, 1.165) is 17.5 Å². The standard InChI is InChI=1S/C25H28N2O6S/c28-23(26-13-15-27(16-14-26)24(29)25(30)11-2-12-25)19-7-5-18(6-8-19)20-3-1-4-21(17-20)33-34(31,32)22-9-10-22/h1,3-8,17,22,30H,2,9-16H2. The zero-order chi connectivity index (χ0) is 23.9. The van der Waals surface area contributed by atoms with Gasteiger partial charge in [0.15, 0.2) is 0 Å². The lowest BCUT2D eigenvalue weighted by molar-refractivity contribution is -0.161. The van der Waals surface area contributed by atoms with Crippen molar-refractivity contribution in [1.29, 1.82) is 0 Å². The SMILES string of the molecule is O=C(c1ccc(-c2cccc(OS(=O)(=O)C3CC3)c2)cc1)N1CCN(C(=O)C2(O)CCC2)CC1. The zero-order valence-electron chi connectivity index (χ0n) is 18.9. The van der Waals surface area contributed by atoms with Crippen molar-refractivity contribution in [3.8, 4) is 16.9 Å². The summed E-state index contributed by atoms with van der Waals surface area (Å²) in [6, 6.07) is 14.1. The highest BCUT2D eigenvalue weighted by atomic mass is 32.2. The first-order valence-electron chi connectivity index (χ1n) is 11.7. The van der Waals surface area contributed by atoms with Gasteiger partial charge in [0.25, 0.3) is 11.8 Å². The summed E-state index contributed by atoms with van der Waals surface area (Å²) in [6.45, 7) is 1.69. The van der Waals surface area contributed by atoms with Crippen LogP contribution in [0.15, 0.2) is 48.5 Å². The van der Waals surface area contributed by atoms with Crippen LogP contribution in [0.2, 0.25) is 0 Å². The summed E-state index contributed by atoms with van der Waals surface area (Å²) in [5, 5.41) is 9.90. The van der Waals surface area contributed by atoms with Gasteiger partial charge >= 0.3 is 10.1 Å². The molecule has 1 N–H and O–H groups in total. The lowest BCUT2D eigenvalue weighted by Gasteiger charge is -2.42. The molecule has 3 fully saturated rings. The average Bonchev–Trinajstić information content (AvgIpc) is 3.68. The first-order chi connectivity index (χ1) is 16.2. The molecule has 0 atom stereocenters. The molecule has 0 spiro atoms. The Balaban J connectivity index is 1.21. The molecule has 5 rings (SSSR count). The molecule has 2 aromatic carbocycles. The van der Waals surface area contributed by atoms with Crippen LogP contribution in [0.5, 0.6) is 5.75 Å². The zero-order valence-corrected chi connectivity index (χ0v) is 19.7. The number of hydrogen-bond acceptors (Lipinski definition) is 6. The number of hydrogen-bond donors (Lipinski definition) is 1. The summed E-state index contributed by atoms with van der Waals surface area (Å²) in [5.41, 5.74) is 0.982. The molecule has 8 nitrogen and oxygen atoms in total. The van der Waals surface area contributed by atoms with Gasteiger partial charge in [0.2, 0.25) is 0 Å². The quantitative estimate of drug-likeness (QED) is 0.632. The van der Waals surface area contributed by atoms with E-state index in [1.54, 1.807) is 40.1 Å². The van der Waals surface area contributed by atoms with Gasteiger partial charge in [-0.25, -0.2) is 0 Å². The highest BCUT2D eigenvalue weighted by Crippen LogP contribution is 2.34. The monoisotopic (exact) mass is 484 g/mol. The fraction of sp³-hybridized carbons (Fsp3) is 0.440. The van der Waals surface area contributed by atoms with Gasteiger partial charge in [-0.1, -0.05) is 24.3 Å². The Morgan fingerprint density at radius 3 is 2.15 bits per heavy atom. The lowest BCUT2D eigenvalue weighted by Crippen LogP contribution is -2.58. The van der Waals surface area contributed by atoms with E-state index in [1.807, 2.05) is 18.2 Å². The van der Waals surface area contributed by atoms with E-state index in [2.05, 4.69) is 0 Å². The van der Waals surface area contributed by atoms with E-state index in [-0.39, 0.29) is 17.6 Å².